The van der Waals surface area contributed by atoms with Crippen LogP contribution in [0.5, 0.6) is 0 Å². The molecule has 0 saturated heterocycles. The average Bonchev–Trinajstić information content (AvgIpc) is 2.80. The average molecular weight is 354 g/mol. The lowest BCUT2D eigenvalue weighted by atomic mass is 10.0. The minimum Gasteiger partial charge on any atom is -0.480 e. The highest BCUT2D eigenvalue weighted by Crippen LogP contribution is 2.23. The molecule has 0 aliphatic heterocycles. The fraction of sp³-hybridized carbons (Fsp3) is 0.333. The number of aliphatic carboxylic acids is 1. The molecule has 0 fully saturated rings. The smallest absolute Gasteiger partial charge is 0.326 e. The van der Waals surface area contributed by atoms with Crippen molar-refractivity contribution in [3.63, 3.8) is 0 Å². The molecule has 0 bridgehead atoms. The van der Waals surface area contributed by atoms with Gasteiger partial charge >= 0.3 is 5.97 Å². The standard InChI is InChI=1S/C15H16BrNO4/c1-8(2)5-11(15(19)20)17-14(18)13-7-9-6-10(16)3-4-12(9)21-13/h3-4,6-8,11H,5H2,1-2H3,(H,17,18)(H,19,20). The fourth-order valence-corrected chi connectivity index (χ4v) is 2.43. The number of fused-ring (bicyclic) bond motifs is 1. The van der Waals surface area contributed by atoms with Crippen molar-refractivity contribution in [1.82, 2.24) is 5.32 Å². The van der Waals surface area contributed by atoms with Crippen LogP contribution >= 0.6 is 15.9 Å². The van der Waals surface area contributed by atoms with Crippen LogP contribution in [0.25, 0.3) is 11.0 Å². The molecule has 0 aliphatic carbocycles. The summed E-state index contributed by atoms with van der Waals surface area (Å²) in [5, 5.41) is 12.4. The fourth-order valence-electron chi connectivity index (χ4n) is 2.05. The first-order valence-corrected chi connectivity index (χ1v) is 7.39. The second-order valence-corrected chi connectivity index (χ2v) is 6.20. The first kappa shape index (κ1) is 15.6. The third-order valence-corrected chi connectivity index (χ3v) is 3.51. The molecule has 112 valence electrons. The van der Waals surface area contributed by atoms with Gasteiger partial charge in [0.25, 0.3) is 5.91 Å². The van der Waals surface area contributed by atoms with Gasteiger partial charge in [-0.15, -0.1) is 0 Å². The number of hydrogen-bond acceptors (Lipinski definition) is 3. The van der Waals surface area contributed by atoms with Gasteiger partial charge in [0.1, 0.15) is 11.6 Å². The molecule has 2 aromatic rings. The largest absolute Gasteiger partial charge is 0.480 e. The van der Waals surface area contributed by atoms with Gasteiger partial charge in [-0.3, -0.25) is 4.79 Å². The van der Waals surface area contributed by atoms with Crippen molar-refractivity contribution in [2.75, 3.05) is 0 Å². The van der Waals surface area contributed by atoms with E-state index in [1.54, 1.807) is 12.1 Å². The maximum absolute atomic E-state index is 12.1. The van der Waals surface area contributed by atoms with E-state index < -0.39 is 17.9 Å². The van der Waals surface area contributed by atoms with Crippen LogP contribution in [0.4, 0.5) is 0 Å². The first-order valence-electron chi connectivity index (χ1n) is 6.59. The zero-order valence-corrected chi connectivity index (χ0v) is 13.3. The number of carbonyl (C=O) groups excluding carboxylic acids is 1. The molecule has 1 aromatic heterocycles. The number of benzene rings is 1. The lowest BCUT2D eigenvalue weighted by Gasteiger charge is -2.15. The molecule has 2 rings (SSSR count). The maximum Gasteiger partial charge on any atom is 0.326 e. The molecular formula is C15H16BrNO4. The Morgan fingerprint density at radius 3 is 2.67 bits per heavy atom. The van der Waals surface area contributed by atoms with Gasteiger partial charge in [-0.2, -0.15) is 0 Å². The Morgan fingerprint density at radius 1 is 1.33 bits per heavy atom. The molecular weight excluding hydrogens is 338 g/mol. The summed E-state index contributed by atoms with van der Waals surface area (Å²) in [6, 6.07) is 6.07. The first-order chi connectivity index (χ1) is 9.86. The van der Waals surface area contributed by atoms with Crippen molar-refractivity contribution in [1.29, 1.82) is 0 Å². The van der Waals surface area contributed by atoms with E-state index in [0.29, 0.717) is 12.0 Å². The van der Waals surface area contributed by atoms with Gasteiger partial charge in [-0.05, 0) is 36.6 Å². The van der Waals surface area contributed by atoms with E-state index in [4.69, 9.17) is 9.52 Å². The Balaban J connectivity index is 2.19. The number of hydrogen-bond donors (Lipinski definition) is 2. The second-order valence-electron chi connectivity index (χ2n) is 5.29. The Morgan fingerprint density at radius 2 is 2.05 bits per heavy atom. The van der Waals surface area contributed by atoms with Crippen LogP contribution in [-0.4, -0.2) is 23.0 Å². The van der Waals surface area contributed by atoms with Gasteiger partial charge < -0.3 is 14.8 Å². The molecule has 1 heterocycles. The molecule has 1 atom stereocenters. The van der Waals surface area contributed by atoms with Crippen LogP contribution in [0.3, 0.4) is 0 Å². The van der Waals surface area contributed by atoms with Gasteiger partial charge in [-0.1, -0.05) is 29.8 Å². The van der Waals surface area contributed by atoms with E-state index in [0.717, 1.165) is 9.86 Å². The monoisotopic (exact) mass is 353 g/mol. The van der Waals surface area contributed by atoms with Crippen LogP contribution in [0.2, 0.25) is 0 Å². The van der Waals surface area contributed by atoms with Gasteiger partial charge in [0, 0.05) is 9.86 Å². The zero-order chi connectivity index (χ0) is 15.6. The normalized spacial score (nSPS) is 12.6. The number of nitrogens with one attached hydrogen (secondary N) is 1. The molecule has 1 amide bonds. The maximum atomic E-state index is 12.1. The molecule has 0 aliphatic rings. The van der Waals surface area contributed by atoms with Crippen molar-refractivity contribution in [2.45, 2.75) is 26.3 Å². The summed E-state index contributed by atoms with van der Waals surface area (Å²) in [4.78, 5) is 23.3. The molecule has 21 heavy (non-hydrogen) atoms. The topological polar surface area (TPSA) is 79.5 Å². The lowest BCUT2D eigenvalue weighted by molar-refractivity contribution is -0.139. The van der Waals surface area contributed by atoms with Crippen LogP contribution in [-0.2, 0) is 4.79 Å². The number of carbonyl (C=O) groups is 2. The highest BCUT2D eigenvalue weighted by Gasteiger charge is 2.23. The highest BCUT2D eigenvalue weighted by atomic mass is 79.9. The van der Waals surface area contributed by atoms with E-state index in [-0.39, 0.29) is 11.7 Å². The minimum absolute atomic E-state index is 0.109. The van der Waals surface area contributed by atoms with Crippen molar-refractivity contribution in [2.24, 2.45) is 5.92 Å². The number of amides is 1. The van der Waals surface area contributed by atoms with Crippen molar-refractivity contribution >= 4 is 38.8 Å². The summed E-state index contributed by atoms with van der Waals surface area (Å²) < 4.78 is 6.33. The summed E-state index contributed by atoms with van der Waals surface area (Å²) in [6.07, 6.45) is 0.368. The molecule has 5 nitrogen and oxygen atoms in total. The number of halogens is 1. The third kappa shape index (κ3) is 3.85. The van der Waals surface area contributed by atoms with Crippen LogP contribution < -0.4 is 5.32 Å². The van der Waals surface area contributed by atoms with Crippen molar-refractivity contribution in [3.05, 3.63) is 34.5 Å². The lowest BCUT2D eigenvalue weighted by Crippen LogP contribution is -2.41. The number of carboxylic acid groups (broad SMARTS) is 1. The minimum atomic E-state index is -1.05. The molecule has 0 spiro atoms. The van der Waals surface area contributed by atoms with E-state index in [1.165, 1.54) is 0 Å². The Labute approximate surface area is 130 Å². The predicted molar refractivity (Wildman–Crippen MR) is 82.3 cm³/mol. The van der Waals surface area contributed by atoms with Gasteiger partial charge in [-0.25, -0.2) is 4.79 Å². The van der Waals surface area contributed by atoms with Crippen LogP contribution in [0.1, 0.15) is 30.8 Å². The number of furan rings is 1. The van der Waals surface area contributed by atoms with E-state index in [9.17, 15) is 9.59 Å². The summed E-state index contributed by atoms with van der Waals surface area (Å²) in [6.45, 7) is 3.81. The predicted octanol–water partition coefficient (Wildman–Crippen LogP) is 3.42. The quantitative estimate of drug-likeness (QED) is 0.862. The van der Waals surface area contributed by atoms with Crippen molar-refractivity contribution in [3.8, 4) is 0 Å². The van der Waals surface area contributed by atoms with Crippen molar-refractivity contribution < 1.29 is 19.1 Å². The summed E-state index contributed by atoms with van der Waals surface area (Å²) in [5.74, 6) is -1.29. The Bertz CT molecular complexity index is 677. The van der Waals surface area contributed by atoms with E-state index in [2.05, 4.69) is 21.2 Å². The van der Waals surface area contributed by atoms with Gasteiger partial charge in [0.2, 0.25) is 0 Å². The second kappa shape index (κ2) is 6.30. The SMILES string of the molecule is CC(C)CC(NC(=O)c1cc2cc(Br)ccc2o1)C(=O)O. The van der Waals surface area contributed by atoms with E-state index in [1.807, 2.05) is 26.0 Å². The summed E-state index contributed by atoms with van der Waals surface area (Å²) in [7, 11) is 0. The third-order valence-electron chi connectivity index (χ3n) is 3.01. The molecule has 2 N–H and O–H groups in total. The molecule has 1 aromatic carbocycles. The van der Waals surface area contributed by atoms with E-state index >= 15 is 0 Å². The van der Waals surface area contributed by atoms with Crippen LogP contribution in [0, 0.1) is 5.92 Å². The highest BCUT2D eigenvalue weighted by molar-refractivity contribution is 9.10. The summed E-state index contributed by atoms with van der Waals surface area (Å²) >= 11 is 3.35. The molecule has 1 unspecified atom stereocenters. The Kier molecular flexibility index (Phi) is 4.67. The molecule has 0 radical (unpaired) electrons. The number of rotatable bonds is 5. The van der Waals surface area contributed by atoms with Crippen LogP contribution in [0.15, 0.2) is 33.2 Å². The van der Waals surface area contributed by atoms with Gasteiger partial charge in [0.05, 0.1) is 0 Å². The Hall–Kier alpha value is -1.82. The summed E-state index contributed by atoms with van der Waals surface area (Å²) in [5.41, 5.74) is 0.582. The zero-order valence-electron chi connectivity index (χ0n) is 11.7. The number of carboxylic acids is 1. The molecule has 0 saturated carbocycles. The molecule has 6 heteroatoms. The van der Waals surface area contributed by atoms with Gasteiger partial charge in [0.15, 0.2) is 5.76 Å².